The van der Waals surface area contributed by atoms with E-state index in [2.05, 4.69) is 0 Å². The minimum Gasteiger partial charge on any atom is -0.481 e. The molecule has 0 aliphatic carbocycles. The lowest BCUT2D eigenvalue weighted by Gasteiger charge is -2.17. The summed E-state index contributed by atoms with van der Waals surface area (Å²) in [6.45, 7) is 0.0366. The van der Waals surface area contributed by atoms with Gasteiger partial charge in [-0.1, -0.05) is 11.6 Å². The smallest absolute Gasteiger partial charge is 0.337 e. The summed E-state index contributed by atoms with van der Waals surface area (Å²) in [5.41, 5.74) is 0.223. The van der Waals surface area contributed by atoms with Crippen LogP contribution in [0.5, 0.6) is 0 Å². The molecule has 2 N–H and O–H groups in total. The molecule has 1 heterocycles. The van der Waals surface area contributed by atoms with Gasteiger partial charge in [0.25, 0.3) is 0 Å². The minimum atomic E-state index is -1.20. The molecular weight excluding hydrogens is 274 g/mol. The van der Waals surface area contributed by atoms with E-state index in [1.165, 1.54) is 23.1 Å². The van der Waals surface area contributed by atoms with Crippen molar-refractivity contribution in [2.24, 2.45) is 5.92 Å². The largest absolute Gasteiger partial charge is 0.481 e. The van der Waals surface area contributed by atoms with Crippen LogP contribution in [0.4, 0.5) is 5.69 Å². The van der Waals surface area contributed by atoms with Gasteiger partial charge in [0, 0.05) is 18.7 Å². The third-order valence-corrected chi connectivity index (χ3v) is 3.30. The molecule has 1 aromatic rings. The Morgan fingerprint density at radius 2 is 2.00 bits per heavy atom. The molecule has 0 bridgehead atoms. The van der Waals surface area contributed by atoms with E-state index in [0.717, 1.165) is 0 Å². The van der Waals surface area contributed by atoms with Gasteiger partial charge in [-0.2, -0.15) is 0 Å². The molecule has 1 saturated heterocycles. The van der Waals surface area contributed by atoms with E-state index in [9.17, 15) is 14.4 Å². The van der Waals surface area contributed by atoms with Gasteiger partial charge >= 0.3 is 11.9 Å². The Labute approximate surface area is 113 Å². The van der Waals surface area contributed by atoms with E-state index in [-0.39, 0.29) is 29.5 Å². The summed E-state index contributed by atoms with van der Waals surface area (Å²) in [6, 6.07) is 4.14. The van der Waals surface area contributed by atoms with Crippen LogP contribution in [0.3, 0.4) is 0 Å². The molecule has 0 aromatic heterocycles. The summed E-state index contributed by atoms with van der Waals surface area (Å²) >= 11 is 5.74. The molecule has 1 atom stereocenters. The Morgan fingerprint density at radius 1 is 1.32 bits per heavy atom. The topological polar surface area (TPSA) is 94.9 Å². The first-order valence-corrected chi connectivity index (χ1v) is 5.84. The van der Waals surface area contributed by atoms with Crippen LogP contribution in [0.25, 0.3) is 0 Å². The van der Waals surface area contributed by atoms with E-state index in [0.29, 0.717) is 5.69 Å². The maximum atomic E-state index is 11.7. The summed E-state index contributed by atoms with van der Waals surface area (Å²) < 4.78 is 0. The summed E-state index contributed by atoms with van der Waals surface area (Å²) in [7, 11) is 0. The average molecular weight is 284 g/mol. The van der Waals surface area contributed by atoms with Gasteiger partial charge in [-0.15, -0.1) is 0 Å². The number of hydrogen-bond acceptors (Lipinski definition) is 3. The summed E-state index contributed by atoms with van der Waals surface area (Å²) in [6.07, 6.45) is -0.0830. The van der Waals surface area contributed by atoms with E-state index in [1.807, 2.05) is 0 Å². The van der Waals surface area contributed by atoms with Crippen molar-refractivity contribution in [3.63, 3.8) is 0 Å². The highest BCUT2D eigenvalue weighted by Gasteiger charge is 2.35. The van der Waals surface area contributed by atoms with Crippen molar-refractivity contribution in [1.29, 1.82) is 0 Å². The van der Waals surface area contributed by atoms with Crippen LogP contribution in [0.15, 0.2) is 18.2 Å². The lowest BCUT2D eigenvalue weighted by Crippen LogP contribution is -2.26. The van der Waals surface area contributed by atoms with E-state index in [1.54, 1.807) is 0 Å². The fourth-order valence-electron chi connectivity index (χ4n) is 1.97. The fraction of sp³-hybridized carbons (Fsp3) is 0.250. The number of hydrogen-bond donors (Lipinski definition) is 2. The van der Waals surface area contributed by atoms with Crippen molar-refractivity contribution in [3.8, 4) is 0 Å². The van der Waals surface area contributed by atoms with Gasteiger partial charge in [-0.3, -0.25) is 9.59 Å². The molecule has 19 heavy (non-hydrogen) atoms. The van der Waals surface area contributed by atoms with Crippen molar-refractivity contribution >= 4 is 35.1 Å². The number of halogens is 1. The third-order valence-electron chi connectivity index (χ3n) is 2.97. The lowest BCUT2D eigenvalue weighted by atomic mass is 10.1. The SMILES string of the molecule is O=C(O)c1cc(N2C[C@H](C(=O)O)CC2=O)ccc1Cl. The molecule has 0 saturated carbocycles. The highest BCUT2D eigenvalue weighted by atomic mass is 35.5. The highest BCUT2D eigenvalue weighted by Crippen LogP contribution is 2.28. The normalized spacial score (nSPS) is 18.7. The first-order valence-electron chi connectivity index (χ1n) is 5.46. The number of benzene rings is 1. The first kappa shape index (κ1) is 13.4. The van der Waals surface area contributed by atoms with Crippen molar-refractivity contribution < 1.29 is 24.6 Å². The van der Waals surface area contributed by atoms with Crippen molar-refractivity contribution in [1.82, 2.24) is 0 Å². The molecule has 1 amide bonds. The van der Waals surface area contributed by atoms with E-state index in [4.69, 9.17) is 21.8 Å². The average Bonchev–Trinajstić information content (AvgIpc) is 2.72. The number of carboxylic acids is 2. The van der Waals surface area contributed by atoms with Gasteiger partial charge in [0.1, 0.15) is 0 Å². The number of carboxylic acid groups (broad SMARTS) is 2. The lowest BCUT2D eigenvalue weighted by molar-refractivity contribution is -0.141. The Bertz CT molecular complexity index is 571. The second-order valence-corrected chi connectivity index (χ2v) is 4.62. The number of carbonyl (C=O) groups is 3. The third kappa shape index (κ3) is 2.53. The number of anilines is 1. The van der Waals surface area contributed by atoms with Gasteiger partial charge in [-0.25, -0.2) is 4.79 Å². The van der Waals surface area contributed by atoms with Gasteiger partial charge in [0.2, 0.25) is 5.91 Å². The van der Waals surface area contributed by atoms with Crippen LogP contribution in [0.1, 0.15) is 16.8 Å². The molecule has 1 fully saturated rings. The summed E-state index contributed by atoms with van der Waals surface area (Å²) in [4.78, 5) is 34.8. The Hall–Kier alpha value is -2.08. The predicted octanol–water partition coefficient (Wildman–Crippen LogP) is 1.48. The van der Waals surface area contributed by atoms with Crippen molar-refractivity contribution in [2.45, 2.75) is 6.42 Å². The highest BCUT2D eigenvalue weighted by molar-refractivity contribution is 6.33. The van der Waals surface area contributed by atoms with Gasteiger partial charge in [0.15, 0.2) is 0 Å². The molecule has 0 spiro atoms. The molecule has 2 rings (SSSR count). The second kappa shape index (κ2) is 4.89. The molecule has 6 nitrogen and oxygen atoms in total. The number of rotatable bonds is 3. The maximum Gasteiger partial charge on any atom is 0.337 e. The number of aliphatic carboxylic acids is 1. The van der Waals surface area contributed by atoms with Crippen LogP contribution in [-0.2, 0) is 9.59 Å². The quantitative estimate of drug-likeness (QED) is 0.876. The van der Waals surface area contributed by atoms with Crippen LogP contribution >= 0.6 is 11.6 Å². The molecule has 7 heteroatoms. The Kier molecular flexibility index (Phi) is 3.44. The van der Waals surface area contributed by atoms with Gasteiger partial charge < -0.3 is 15.1 Å². The van der Waals surface area contributed by atoms with E-state index < -0.39 is 17.9 Å². The predicted molar refractivity (Wildman–Crippen MR) is 66.5 cm³/mol. The Balaban J connectivity index is 2.33. The molecule has 0 unspecified atom stereocenters. The molecule has 1 aromatic carbocycles. The van der Waals surface area contributed by atoms with Crippen LogP contribution in [-0.4, -0.2) is 34.6 Å². The van der Waals surface area contributed by atoms with Gasteiger partial charge in [-0.05, 0) is 18.2 Å². The van der Waals surface area contributed by atoms with Gasteiger partial charge in [0.05, 0.1) is 16.5 Å². The molecular formula is C12H10ClNO5. The van der Waals surface area contributed by atoms with Crippen LogP contribution in [0, 0.1) is 5.92 Å². The first-order chi connectivity index (χ1) is 8.90. The van der Waals surface area contributed by atoms with Crippen LogP contribution in [0.2, 0.25) is 5.02 Å². The summed E-state index contributed by atoms with van der Waals surface area (Å²) in [5, 5.41) is 17.9. The Morgan fingerprint density at radius 3 is 2.53 bits per heavy atom. The monoisotopic (exact) mass is 283 g/mol. The summed E-state index contributed by atoms with van der Waals surface area (Å²) in [5.74, 6) is -3.35. The zero-order valence-electron chi connectivity index (χ0n) is 9.67. The van der Waals surface area contributed by atoms with Crippen molar-refractivity contribution in [3.05, 3.63) is 28.8 Å². The number of carbonyl (C=O) groups excluding carboxylic acids is 1. The second-order valence-electron chi connectivity index (χ2n) is 4.21. The maximum absolute atomic E-state index is 11.7. The van der Waals surface area contributed by atoms with Crippen LogP contribution < -0.4 is 4.90 Å². The van der Waals surface area contributed by atoms with E-state index >= 15 is 0 Å². The molecule has 1 aliphatic rings. The van der Waals surface area contributed by atoms with Crippen molar-refractivity contribution in [2.75, 3.05) is 11.4 Å². The minimum absolute atomic E-state index is 0.0366. The number of aromatic carboxylic acids is 1. The zero-order valence-corrected chi connectivity index (χ0v) is 10.4. The molecule has 1 aliphatic heterocycles. The number of nitrogens with zero attached hydrogens (tertiary/aromatic N) is 1. The zero-order chi connectivity index (χ0) is 14.2. The number of amides is 1. The fourth-order valence-corrected chi connectivity index (χ4v) is 2.17. The molecule has 100 valence electrons. The molecule has 0 radical (unpaired) electrons. The standard InChI is InChI=1S/C12H10ClNO5/c13-9-2-1-7(4-8(9)12(18)19)14-5-6(11(16)17)3-10(14)15/h1-2,4,6H,3,5H2,(H,16,17)(H,18,19)/t6-/m1/s1.